The molecular weight excluding hydrogens is 705 g/mol. The molecular formula is C55H34N2O. The molecule has 2 heterocycles. The molecule has 1 spiro atoms. The van der Waals surface area contributed by atoms with Gasteiger partial charge >= 0.3 is 0 Å². The molecule has 0 N–H and O–H groups in total. The van der Waals surface area contributed by atoms with E-state index < -0.39 is 5.41 Å². The summed E-state index contributed by atoms with van der Waals surface area (Å²) in [5.74, 6) is 2.55. The number of nitrogens with zero attached hydrogens (tertiary/aromatic N) is 2. The summed E-state index contributed by atoms with van der Waals surface area (Å²) in [7, 11) is 0. The molecule has 0 atom stereocenters. The lowest BCUT2D eigenvalue weighted by Gasteiger charge is -2.40. The zero-order valence-electron chi connectivity index (χ0n) is 31.4. The molecule has 0 saturated heterocycles. The van der Waals surface area contributed by atoms with Gasteiger partial charge in [0, 0.05) is 38.6 Å². The molecule has 270 valence electrons. The standard InChI is InChI=1S/C55H34N2O/c1-3-15-38(16-4-1)50-34-51(39-17-5-2-6-18-39)57-54(56-50)40-25-23-35(24-26-40)41-27-30-45-44-21-11-12-22-46(44)55(49(45)33-41)47-31-28-36-13-7-9-19-42(36)52(47)58-53-43-20-10-8-14-37(43)29-32-48(53)55/h1-34H. The molecule has 0 fully saturated rings. The SMILES string of the molecule is c1ccc(-c2cc(-c3ccccc3)nc(-c3ccc(-c4ccc5c(c4)C4(c6ccccc6-5)c5ccc6ccccc6c5Oc5c4ccc4ccccc54)cc3)n2)cc1. The summed E-state index contributed by atoms with van der Waals surface area (Å²) in [6.45, 7) is 0. The van der Waals surface area contributed by atoms with Crippen LogP contribution in [0.5, 0.6) is 11.5 Å². The Morgan fingerprint density at radius 1 is 0.328 bits per heavy atom. The Balaban J connectivity index is 1.05. The summed E-state index contributed by atoms with van der Waals surface area (Å²) in [4.78, 5) is 10.2. The number of benzene rings is 9. The van der Waals surface area contributed by atoms with Crippen molar-refractivity contribution < 1.29 is 4.74 Å². The zero-order chi connectivity index (χ0) is 38.2. The van der Waals surface area contributed by atoms with Gasteiger partial charge in [0.15, 0.2) is 5.82 Å². The first-order chi connectivity index (χ1) is 28.7. The van der Waals surface area contributed by atoms with Gasteiger partial charge in [-0.2, -0.15) is 0 Å². The van der Waals surface area contributed by atoms with Crippen molar-refractivity contribution in [3.8, 4) is 67.7 Å². The zero-order valence-corrected chi connectivity index (χ0v) is 31.4. The van der Waals surface area contributed by atoms with Gasteiger partial charge in [-0.05, 0) is 56.3 Å². The minimum absolute atomic E-state index is 0.599. The molecule has 1 aliphatic carbocycles. The van der Waals surface area contributed by atoms with Crippen molar-refractivity contribution in [2.24, 2.45) is 0 Å². The van der Waals surface area contributed by atoms with Crippen LogP contribution in [0.1, 0.15) is 22.3 Å². The highest BCUT2D eigenvalue weighted by Crippen LogP contribution is 2.64. The van der Waals surface area contributed by atoms with Crippen LogP contribution in [0.15, 0.2) is 206 Å². The lowest BCUT2D eigenvalue weighted by molar-refractivity contribution is 0.447. The maximum atomic E-state index is 7.15. The highest BCUT2D eigenvalue weighted by atomic mass is 16.5. The summed E-state index contributed by atoms with van der Waals surface area (Å²) in [5.41, 5.74) is 13.9. The molecule has 2 aliphatic rings. The lowest BCUT2D eigenvalue weighted by Crippen LogP contribution is -2.32. The third kappa shape index (κ3) is 4.80. The predicted octanol–water partition coefficient (Wildman–Crippen LogP) is 13.9. The molecule has 0 unspecified atom stereocenters. The quantitative estimate of drug-likeness (QED) is 0.180. The molecule has 58 heavy (non-hydrogen) atoms. The lowest BCUT2D eigenvalue weighted by atomic mass is 9.65. The van der Waals surface area contributed by atoms with E-state index in [2.05, 4.69) is 194 Å². The second-order valence-corrected chi connectivity index (χ2v) is 15.3. The van der Waals surface area contributed by atoms with Crippen LogP contribution in [0, 0.1) is 0 Å². The van der Waals surface area contributed by atoms with Crippen LogP contribution in [0.4, 0.5) is 0 Å². The molecule has 1 aliphatic heterocycles. The smallest absolute Gasteiger partial charge is 0.160 e. The van der Waals surface area contributed by atoms with Gasteiger partial charge in [0.2, 0.25) is 0 Å². The molecule has 1 aromatic heterocycles. The number of hydrogen-bond donors (Lipinski definition) is 0. The Kier molecular flexibility index (Phi) is 7.14. The maximum Gasteiger partial charge on any atom is 0.160 e. The van der Waals surface area contributed by atoms with Crippen molar-refractivity contribution in [1.29, 1.82) is 0 Å². The van der Waals surface area contributed by atoms with E-state index in [0.717, 1.165) is 83.4 Å². The summed E-state index contributed by atoms with van der Waals surface area (Å²) in [6, 6.07) is 73.7. The number of ether oxygens (including phenoxy) is 1. The average Bonchev–Trinajstić information content (AvgIpc) is 3.59. The van der Waals surface area contributed by atoms with Crippen molar-refractivity contribution in [3.63, 3.8) is 0 Å². The largest absolute Gasteiger partial charge is 0.455 e. The molecule has 3 nitrogen and oxygen atoms in total. The molecule has 0 radical (unpaired) electrons. The molecule has 9 aromatic carbocycles. The Morgan fingerprint density at radius 2 is 0.828 bits per heavy atom. The van der Waals surface area contributed by atoms with Gasteiger partial charge in [-0.1, -0.05) is 194 Å². The van der Waals surface area contributed by atoms with Crippen LogP contribution in [-0.4, -0.2) is 9.97 Å². The molecule has 10 aromatic rings. The number of rotatable bonds is 4. The molecule has 0 saturated carbocycles. The Bertz CT molecular complexity index is 3100. The maximum absolute atomic E-state index is 7.15. The van der Waals surface area contributed by atoms with Crippen LogP contribution in [0.2, 0.25) is 0 Å². The Labute approximate surface area is 336 Å². The first kappa shape index (κ1) is 32.6. The van der Waals surface area contributed by atoms with E-state index in [0.29, 0.717) is 5.82 Å². The second kappa shape index (κ2) is 12.7. The Hall–Kier alpha value is -7.62. The first-order valence-electron chi connectivity index (χ1n) is 19.8. The van der Waals surface area contributed by atoms with Crippen molar-refractivity contribution in [2.75, 3.05) is 0 Å². The van der Waals surface area contributed by atoms with Crippen molar-refractivity contribution >= 4 is 21.5 Å². The summed E-state index contributed by atoms with van der Waals surface area (Å²) in [6.07, 6.45) is 0. The van der Waals surface area contributed by atoms with E-state index in [4.69, 9.17) is 14.7 Å². The molecule has 0 amide bonds. The third-order valence-electron chi connectivity index (χ3n) is 12.2. The van der Waals surface area contributed by atoms with Gasteiger partial charge in [0.25, 0.3) is 0 Å². The van der Waals surface area contributed by atoms with E-state index in [-0.39, 0.29) is 0 Å². The summed E-state index contributed by atoms with van der Waals surface area (Å²) < 4.78 is 7.15. The second-order valence-electron chi connectivity index (χ2n) is 15.3. The van der Waals surface area contributed by atoms with Gasteiger partial charge in [0.05, 0.1) is 16.8 Å². The monoisotopic (exact) mass is 738 g/mol. The summed E-state index contributed by atoms with van der Waals surface area (Å²) in [5, 5.41) is 4.55. The van der Waals surface area contributed by atoms with Gasteiger partial charge in [-0.25, -0.2) is 9.97 Å². The van der Waals surface area contributed by atoms with Gasteiger partial charge in [0.1, 0.15) is 11.5 Å². The number of hydrogen-bond acceptors (Lipinski definition) is 3. The minimum Gasteiger partial charge on any atom is -0.455 e. The van der Waals surface area contributed by atoms with Crippen molar-refractivity contribution in [2.45, 2.75) is 5.41 Å². The van der Waals surface area contributed by atoms with E-state index in [1.807, 2.05) is 12.1 Å². The normalized spacial score (nSPS) is 13.1. The fourth-order valence-electron chi connectivity index (χ4n) is 9.48. The van der Waals surface area contributed by atoms with Gasteiger partial charge < -0.3 is 4.74 Å². The van der Waals surface area contributed by atoms with Gasteiger partial charge in [-0.3, -0.25) is 0 Å². The molecule has 0 bridgehead atoms. The van der Waals surface area contributed by atoms with Gasteiger partial charge in [-0.15, -0.1) is 0 Å². The van der Waals surface area contributed by atoms with Crippen LogP contribution in [0.25, 0.3) is 77.7 Å². The molecule has 3 heteroatoms. The topological polar surface area (TPSA) is 35.0 Å². The predicted molar refractivity (Wildman–Crippen MR) is 236 cm³/mol. The van der Waals surface area contributed by atoms with Crippen molar-refractivity contribution in [1.82, 2.24) is 9.97 Å². The average molecular weight is 739 g/mol. The van der Waals surface area contributed by atoms with E-state index in [1.54, 1.807) is 0 Å². The van der Waals surface area contributed by atoms with E-state index in [1.165, 1.54) is 22.3 Å². The van der Waals surface area contributed by atoms with Crippen LogP contribution >= 0.6 is 0 Å². The van der Waals surface area contributed by atoms with Crippen molar-refractivity contribution in [3.05, 3.63) is 229 Å². The first-order valence-corrected chi connectivity index (χ1v) is 19.8. The van der Waals surface area contributed by atoms with E-state index in [9.17, 15) is 0 Å². The minimum atomic E-state index is -0.599. The summed E-state index contributed by atoms with van der Waals surface area (Å²) >= 11 is 0. The molecule has 12 rings (SSSR count). The van der Waals surface area contributed by atoms with Crippen LogP contribution < -0.4 is 4.74 Å². The third-order valence-corrected chi connectivity index (χ3v) is 12.2. The highest BCUT2D eigenvalue weighted by molar-refractivity contribution is 6.00. The fraction of sp³-hybridized carbons (Fsp3) is 0.0182. The van der Waals surface area contributed by atoms with Crippen LogP contribution in [-0.2, 0) is 5.41 Å². The highest BCUT2D eigenvalue weighted by Gasteiger charge is 2.51. The van der Waals surface area contributed by atoms with Crippen LogP contribution in [0.3, 0.4) is 0 Å². The fourth-order valence-corrected chi connectivity index (χ4v) is 9.48. The number of aromatic nitrogens is 2. The Morgan fingerprint density at radius 3 is 1.45 bits per heavy atom. The number of fused-ring (bicyclic) bond motifs is 13. The van der Waals surface area contributed by atoms with E-state index >= 15 is 0 Å².